The van der Waals surface area contributed by atoms with Gasteiger partial charge < -0.3 is 10.2 Å². The standard InChI is InChI=1S/C11H18N4O/c1-7-6-8(2)13-11(12-7)14-9(3)10(16)15(4)5/h6,9H,1-5H3,(H,12,13,14). The first kappa shape index (κ1) is 12.4. The lowest BCUT2D eigenvalue weighted by Crippen LogP contribution is -2.37. The first-order valence-corrected chi connectivity index (χ1v) is 5.20. The predicted molar refractivity (Wildman–Crippen MR) is 63.3 cm³/mol. The van der Waals surface area contributed by atoms with Gasteiger partial charge in [0.1, 0.15) is 6.04 Å². The summed E-state index contributed by atoms with van der Waals surface area (Å²) in [5.41, 5.74) is 1.78. The molecule has 1 N–H and O–H groups in total. The van der Waals surface area contributed by atoms with Crippen LogP contribution in [0.4, 0.5) is 5.95 Å². The minimum absolute atomic E-state index is 0.00255. The molecule has 0 radical (unpaired) electrons. The maximum absolute atomic E-state index is 11.6. The Morgan fingerprint density at radius 1 is 1.31 bits per heavy atom. The zero-order chi connectivity index (χ0) is 12.3. The van der Waals surface area contributed by atoms with E-state index in [1.54, 1.807) is 25.9 Å². The number of nitrogens with one attached hydrogen (secondary N) is 1. The Labute approximate surface area is 95.9 Å². The predicted octanol–water partition coefficient (Wildman–Crippen LogP) is 0.982. The molecule has 1 unspecified atom stereocenters. The largest absolute Gasteiger partial charge is 0.347 e. The molecular formula is C11H18N4O. The van der Waals surface area contributed by atoms with Crippen molar-refractivity contribution in [2.24, 2.45) is 0 Å². The molecule has 5 heteroatoms. The summed E-state index contributed by atoms with van der Waals surface area (Å²) in [5.74, 6) is 0.503. The van der Waals surface area contributed by atoms with Crippen LogP contribution >= 0.6 is 0 Å². The van der Waals surface area contributed by atoms with Gasteiger partial charge in [0.2, 0.25) is 11.9 Å². The molecule has 5 nitrogen and oxygen atoms in total. The molecule has 0 aliphatic carbocycles. The number of hydrogen-bond acceptors (Lipinski definition) is 4. The Kier molecular flexibility index (Phi) is 3.82. The fraction of sp³-hybridized carbons (Fsp3) is 0.545. The van der Waals surface area contributed by atoms with E-state index in [1.807, 2.05) is 19.9 Å². The smallest absolute Gasteiger partial charge is 0.244 e. The fourth-order valence-corrected chi connectivity index (χ4v) is 1.43. The maximum atomic E-state index is 11.6. The number of nitrogens with zero attached hydrogens (tertiary/aromatic N) is 3. The number of anilines is 1. The van der Waals surface area contributed by atoms with Crippen LogP contribution in [0.5, 0.6) is 0 Å². The highest BCUT2D eigenvalue weighted by Gasteiger charge is 2.15. The molecule has 0 saturated carbocycles. The van der Waals surface area contributed by atoms with Crippen molar-refractivity contribution in [3.63, 3.8) is 0 Å². The van der Waals surface area contributed by atoms with E-state index in [-0.39, 0.29) is 11.9 Å². The molecule has 0 saturated heterocycles. The van der Waals surface area contributed by atoms with Crippen molar-refractivity contribution in [3.8, 4) is 0 Å². The van der Waals surface area contributed by atoms with Gasteiger partial charge in [0.15, 0.2) is 0 Å². The van der Waals surface area contributed by atoms with Crippen LogP contribution in [-0.4, -0.2) is 40.9 Å². The first-order valence-electron chi connectivity index (χ1n) is 5.20. The lowest BCUT2D eigenvalue weighted by Gasteiger charge is -2.18. The molecule has 1 aromatic heterocycles. The maximum Gasteiger partial charge on any atom is 0.244 e. The monoisotopic (exact) mass is 222 g/mol. The van der Waals surface area contributed by atoms with Crippen molar-refractivity contribution in [3.05, 3.63) is 17.5 Å². The Hall–Kier alpha value is -1.65. The second-order valence-corrected chi connectivity index (χ2v) is 4.07. The SMILES string of the molecule is Cc1cc(C)nc(NC(C)C(=O)N(C)C)n1. The van der Waals surface area contributed by atoms with Gasteiger partial charge in [0.25, 0.3) is 0 Å². The van der Waals surface area contributed by atoms with Gasteiger partial charge in [0, 0.05) is 25.5 Å². The van der Waals surface area contributed by atoms with Crippen LogP contribution in [0, 0.1) is 13.8 Å². The molecule has 1 amide bonds. The molecule has 0 fully saturated rings. The number of rotatable bonds is 3. The van der Waals surface area contributed by atoms with Crippen LogP contribution in [0.1, 0.15) is 18.3 Å². The molecule has 1 heterocycles. The Morgan fingerprint density at radius 2 is 1.81 bits per heavy atom. The van der Waals surface area contributed by atoms with Gasteiger partial charge in [-0.25, -0.2) is 9.97 Å². The zero-order valence-corrected chi connectivity index (χ0v) is 10.4. The van der Waals surface area contributed by atoms with Crippen LogP contribution in [-0.2, 0) is 4.79 Å². The summed E-state index contributed by atoms with van der Waals surface area (Å²) in [6, 6.07) is 1.57. The van der Waals surface area contributed by atoms with Gasteiger partial charge in [-0.1, -0.05) is 0 Å². The van der Waals surface area contributed by atoms with Crippen LogP contribution < -0.4 is 5.32 Å². The molecule has 88 valence electrons. The zero-order valence-electron chi connectivity index (χ0n) is 10.4. The van der Waals surface area contributed by atoms with Gasteiger partial charge >= 0.3 is 0 Å². The number of carbonyl (C=O) groups is 1. The molecule has 1 atom stereocenters. The molecule has 0 aromatic carbocycles. The van der Waals surface area contributed by atoms with Gasteiger partial charge in [-0.3, -0.25) is 4.79 Å². The van der Waals surface area contributed by atoms with E-state index in [0.29, 0.717) is 5.95 Å². The minimum Gasteiger partial charge on any atom is -0.347 e. The van der Waals surface area contributed by atoms with Gasteiger partial charge in [-0.15, -0.1) is 0 Å². The summed E-state index contributed by atoms with van der Waals surface area (Å²) in [7, 11) is 3.45. The van der Waals surface area contributed by atoms with E-state index in [0.717, 1.165) is 11.4 Å². The highest BCUT2D eigenvalue weighted by Crippen LogP contribution is 2.05. The number of hydrogen-bond donors (Lipinski definition) is 1. The number of amides is 1. The molecule has 1 rings (SSSR count). The summed E-state index contributed by atoms with van der Waals surface area (Å²) in [5, 5.41) is 2.99. The van der Waals surface area contributed by atoms with Crippen LogP contribution in [0.2, 0.25) is 0 Å². The summed E-state index contributed by atoms with van der Waals surface area (Å²) < 4.78 is 0. The van der Waals surface area contributed by atoms with Crippen molar-refractivity contribution >= 4 is 11.9 Å². The van der Waals surface area contributed by atoms with Crippen molar-refractivity contribution in [1.82, 2.24) is 14.9 Å². The van der Waals surface area contributed by atoms with E-state index in [9.17, 15) is 4.79 Å². The van der Waals surface area contributed by atoms with Crippen molar-refractivity contribution in [1.29, 1.82) is 0 Å². The quantitative estimate of drug-likeness (QED) is 0.828. The lowest BCUT2D eigenvalue weighted by molar-refractivity contribution is -0.129. The van der Waals surface area contributed by atoms with E-state index in [4.69, 9.17) is 0 Å². The normalized spacial score (nSPS) is 12.1. The first-order chi connectivity index (χ1) is 7.40. The fourth-order valence-electron chi connectivity index (χ4n) is 1.43. The van der Waals surface area contributed by atoms with Gasteiger partial charge in [-0.2, -0.15) is 0 Å². The summed E-state index contributed by atoms with van der Waals surface area (Å²) >= 11 is 0. The van der Waals surface area contributed by atoms with Crippen molar-refractivity contribution in [2.45, 2.75) is 26.8 Å². The molecule has 0 aliphatic heterocycles. The van der Waals surface area contributed by atoms with Crippen LogP contribution in [0.15, 0.2) is 6.07 Å². The number of aryl methyl sites for hydroxylation is 2. The van der Waals surface area contributed by atoms with E-state index in [1.165, 1.54) is 0 Å². The third kappa shape index (κ3) is 3.18. The third-order valence-electron chi connectivity index (χ3n) is 2.14. The lowest BCUT2D eigenvalue weighted by atomic mass is 10.3. The summed E-state index contributed by atoms with van der Waals surface area (Å²) in [4.78, 5) is 21.6. The summed E-state index contributed by atoms with van der Waals surface area (Å²) in [6.45, 7) is 5.60. The molecule has 1 aromatic rings. The average Bonchev–Trinajstić information content (AvgIpc) is 2.14. The van der Waals surface area contributed by atoms with E-state index < -0.39 is 0 Å². The number of aromatic nitrogens is 2. The Balaban J connectivity index is 2.76. The minimum atomic E-state index is -0.323. The topological polar surface area (TPSA) is 58.1 Å². The Bertz CT molecular complexity index is 369. The van der Waals surface area contributed by atoms with Gasteiger partial charge in [-0.05, 0) is 26.8 Å². The number of likely N-dealkylation sites (N-methyl/N-ethyl adjacent to an activating group) is 1. The van der Waals surface area contributed by atoms with Crippen molar-refractivity contribution in [2.75, 3.05) is 19.4 Å². The third-order valence-corrected chi connectivity index (χ3v) is 2.14. The number of carbonyl (C=O) groups excluding carboxylic acids is 1. The molecular weight excluding hydrogens is 204 g/mol. The molecule has 0 spiro atoms. The van der Waals surface area contributed by atoms with Crippen LogP contribution in [0.3, 0.4) is 0 Å². The highest BCUT2D eigenvalue weighted by atomic mass is 16.2. The highest BCUT2D eigenvalue weighted by molar-refractivity contribution is 5.83. The van der Waals surface area contributed by atoms with Gasteiger partial charge in [0.05, 0.1) is 0 Å². The second kappa shape index (κ2) is 4.92. The molecule has 0 bridgehead atoms. The van der Waals surface area contributed by atoms with E-state index >= 15 is 0 Å². The Morgan fingerprint density at radius 3 is 2.25 bits per heavy atom. The van der Waals surface area contributed by atoms with E-state index in [2.05, 4.69) is 15.3 Å². The second-order valence-electron chi connectivity index (χ2n) is 4.07. The van der Waals surface area contributed by atoms with Crippen molar-refractivity contribution < 1.29 is 4.79 Å². The average molecular weight is 222 g/mol. The molecule has 16 heavy (non-hydrogen) atoms. The summed E-state index contributed by atoms with van der Waals surface area (Å²) in [6.07, 6.45) is 0. The van der Waals surface area contributed by atoms with Crippen LogP contribution in [0.25, 0.3) is 0 Å². The molecule has 0 aliphatic rings.